The van der Waals surface area contributed by atoms with Crippen molar-refractivity contribution in [3.8, 4) is 12.3 Å². The van der Waals surface area contributed by atoms with Crippen LogP contribution < -0.4 is 0 Å². The highest BCUT2D eigenvalue weighted by Crippen LogP contribution is 2.18. The molecule has 1 heterocycles. The minimum absolute atomic E-state index is 0.0133. The average molecular weight is 296 g/mol. The van der Waals surface area contributed by atoms with Gasteiger partial charge in [-0.1, -0.05) is 31.4 Å². The summed E-state index contributed by atoms with van der Waals surface area (Å²) < 4.78 is 0. The summed E-state index contributed by atoms with van der Waals surface area (Å²) in [7, 11) is 0. The first-order chi connectivity index (χ1) is 9.36. The number of carbonyl (C=O) groups is 2. The molecule has 0 atom stereocenters. The Morgan fingerprint density at radius 1 is 1.55 bits per heavy atom. The predicted molar refractivity (Wildman–Crippen MR) is 73.5 cm³/mol. The highest BCUT2D eigenvalue weighted by Gasteiger charge is 2.22. The molecule has 0 bridgehead atoms. The van der Waals surface area contributed by atoms with Crippen molar-refractivity contribution in [2.45, 2.75) is 19.8 Å². The molecule has 106 valence electrons. The van der Waals surface area contributed by atoms with Crippen molar-refractivity contribution < 1.29 is 14.7 Å². The van der Waals surface area contributed by atoms with E-state index in [2.05, 4.69) is 15.9 Å². The first-order valence-corrected chi connectivity index (χ1v) is 6.21. The van der Waals surface area contributed by atoms with Crippen LogP contribution in [0.4, 0.5) is 0 Å². The van der Waals surface area contributed by atoms with Crippen LogP contribution in [0.2, 0.25) is 5.02 Å². The Balaban J connectivity index is 3.14. The van der Waals surface area contributed by atoms with Crippen LogP contribution in [-0.2, 0) is 4.79 Å². The lowest BCUT2D eigenvalue weighted by molar-refractivity contribution is -0.137. The third kappa shape index (κ3) is 3.93. The van der Waals surface area contributed by atoms with Crippen LogP contribution in [0.1, 0.15) is 36.1 Å². The largest absolute Gasteiger partial charge is 0.480 e. The summed E-state index contributed by atoms with van der Waals surface area (Å²) >= 11 is 5.90. The van der Waals surface area contributed by atoms with Gasteiger partial charge >= 0.3 is 5.97 Å². The van der Waals surface area contributed by atoms with Gasteiger partial charge in [-0.15, -0.1) is 6.42 Å². The van der Waals surface area contributed by atoms with E-state index < -0.39 is 18.4 Å². The van der Waals surface area contributed by atoms with E-state index in [9.17, 15) is 9.59 Å². The molecule has 0 saturated carbocycles. The molecule has 0 unspecified atom stereocenters. The van der Waals surface area contributed by atoms with Gasteiger partial charge in [0.25, 0.3) is 5.91 Å². The fourth-order valence-electron chi connectivity index (χ4n) is 1.43. The number of aromatic nitrogens is 2. The van der Waals surface area contributed by atoms with Crippen LogP contribution in [0.3, 0.4) is 0 Å². The van der Waals surface area contributed by atoms with E-state index in [1.54, 1.807) is 0 Å². The zero-order valence-corrected chi connectivity index (χ0v) is 11.9. The lowest BCUT2D eigenvalue weighted by Crippen LogP contribution is -2.36. The topological polar surface area (TPSA) is 83.4 Å². The van der Waals surface area contributed by atoms with E-state index in [1.165, 1.54) is 6.20 Å². The summed E-state index contributed by atoms with van der Waals surface area (Å²) in [5.74, 6) is 0.912. The van der Waals surface area contributed by atoms with Crippen molar-refractivity contribution in [3.63, 3.8) is 0 Å². The minimum atomic E-state index is -1.16. The Bertz CT molecular complexity index is 566. The molecule has 0 spiro atoms. The van der Waals surface area contributed by atoms with Crippen molar-refractivity contribution in [2.75, 3.05) is 13.1 Å². The van der Waals surface area contributed by atoms with E-state index >= 15 is 0 Å². The van der Waals surface area contributed by atoms with Crippen LogP contribution in [0.25, 0.3) is 0 Å². The molecule has 0 aliphatic carbocycles. The van der Waals surface area contributed by atoms with Crippen molar-refractivity contribution in [1.82, 2.24) is 14.9 Å². The quantitative estimate of drug-likeness (QED) is 0.831. The summed E-state index contributed by atoms with van der Waals surface area (Å²) in [6.07, 6.45) is 6.46. The van der Waals surface area contributed by atoms with Crippen LogP contribution in [0, 0.1) is 12.3 Å². The van der Waals surface area contributed by atoms with Gasteiger partial charge in [0, 0.05) is 5.92 Å². The summed E-state index contributed by atoms with van der Waals surface area (Å²) in [4.78, 5) is 32.1. The van der Waals surface area contributed by atoms with E-state index in [4.69, 9.17) is 23.1 Å². The number of halogens is 1. The lowest BCUT2D eigenvalue weighted by atomic mass is 10.2. The average Bonchev–Trinajstić information content (AvgIpc) is 2.37. The smallest absolute Gasteiger partial charge is 0.323 e. The number of carboxylic acid groups (broad SMARTS) is 1. The maximum absolute atomic E-state index is 12.3. The van der Waals surface area contributed by atoms with E-state index in [-0.39, 0.29) is 23.2 Å². The maximum Gasteiger partial charge on any atom is 0.323 e. The summed E-state index contributed by atoms with van der Waals surface area (Å²) in [6, 6.07) is 0. The van der Waals surface area contributed by atoms with Crippen molar-refractivity contribution >= 4 is 23.5 Å². The summed E-state index contributed by atoms with van der Waals surface area (Å²) in [6.45, 7) is 3.09. The van der Waals surface area contributed by atoms with Gasteiger partial charge in [-0.25, -0.2) is 9.97 Å². The highest BCUT2D eigenvalue weighted by molar-refractivity contribution is 6.33. The normalized spacial score (nSPS) is 10.2. The predicted octanol–water partition coefficient (Wildman–Crippen LogP) is 1.41. The van der Waals surface area contributed by atoms with Gasteiger partial charge in [-0.3, -0.25) is 9.59 Å². The molecular formula is C13H14ClN3O3. The first kappa shape index (κ1) is 15.9. The molecule has 0 aromatic carbocycles. The van der Waals surface area contributed by atoms with Gasteiger partial charge in [-0.2, -0.15) is 0 Å². The molecule has 0 aliphatic rings. The zero-order valence-electron chi connectivity index (χ0n) is 11.1. The van der Waals surface area contributed by atoms with Gasteiger partial charge in [0.05, 0.1) is 17.8 Å². The number of amides is 1. The maximum atomic E-state index is 12.3. The fraction of sp³-hybridized carbons (Fsp3) is 0.385. The van der Waals surface area contributed by atoms with Gasteiger partial charge in [-0.05, 0) is 0 Å². The Kier molecular flexibility index (Phi) is 5.47. The lowest BCUT2D eigenvalue weighted by Gasteiger charge is -2.18. The molecule has 1 amide bonds. The number of hydrogen-bond donors (Lipinski definition) is 1. The van der Waals surface area contributed by atoms with Crippen molar-refractivity contribution in [1.29, 1.82) is 0 Å². The molecular weight excluding hydrogens is 282 g/mol. The minimum Gasteiger partial charge on any atom is -0.480 e. The molecule has 7 heteroatoms. The molecule has 6 nitrogen and oxygen atoms in total. The molecule has 0 radical (unpaired) electrons. The molecule has 0 fully saturated rings. The van der Waals surface area contributed by atoms with Crippen LogP contribution in [-0.4, -0.2) is 44.9 Å². The van der Waals surface area contributed by atoms with Gasteiger partial charge in [0.2, 0.25) is 0 Å². The fourth-order valence-corrected chi connectivity index (χ4v) is 1.60. The van der Waals surface area contributed by atoms with Gasteiger partial charge < -0.3 is 10.0 Å². The Labute approximate surface area is 121 Å². The number of aliphatic carboxylic acids is 1. The van der Waals surface area contributed by atoms with E-state index in [0.717, 1.165) is 4.90 Å². The monoisotopic (exact) mass is 295 g/mol. The number of carboxylic acids is 1. The molecule has 1 aromatic heterocycles. The third-order valence-corrected chi connectivity index (χ3v) is 2.65. The second kappa shape index (κ2) is 6.87. The Morgan fingerprint density at radius 3 is 2.70 bits per heavy atom. The SMILES string of the molecule is C#CCN(CC(=O)O)C(=O)c1nc(C(C)C)ncc1Cl. The number of rotatable bonds is 5. The van der Waals surface area contributed by atoms with Crippen LogP contribution >= 0.6 is 11.6 Å². The second-order valence-electron chi connectivity index (χ2n) is 4.34. The molecule has 1 aromatic rings. The van der Waals surface area contributed by atoms with Crippen molar-refractivity contribution in [3.05, 3.63) is 22.7 Å². The Hall–Kier alpha value is -2.13. The first-order valence-electron chi connectivity index (χ1n) is 5.83. The standard InChI is InChI=1S/C13H14ClN3O3/c1-4-5-17(7-10(18)19)13(20)11-9(14)6-15-12(16-11)8(2)3/h1,6,8H,5,7H2,2-3H3,(H,18,19). The summed E-state index contributed by atoms with van der Waals surface area (Å²) in [5.41, 5.74) is -0.0399. The number of hydrogen-bond acceptors (Lipinski definition) is 4. The van der Waals surface area contributed by atoms with Crippen molar-refractivity contribution in [2.24, 2.45) is 0 Å². The molecule has 20 heavy (non-hydrogen) atoms. The molecule has 1 N–H and O–H groups in total. The zero-order chi connectivity index (χ0) is 15.3. The van der Waals surface area contributed by atoms with E-state index in [0.29, 0.717) is 5.82 Å². The number of nitrogens with zero attached hydrogens (tertiary/aromatic N) is 3. The summed E-state index contributed by atoms with van der Waals surface area (Å²) in [5, 5.41) is 8.85. The number of terminal acetylenes is 1. The van der Waals surface area contributed by atoms with Crippen LogP contribution in [0.5, 0.6) is 0 Å². The third-order valence-electron chi connectivity index (χ3n) is 2.38. The van der Waals surface area contributed by atoms with E-state index in [1.807, 2.05) is 13.8 Å². The van der Waals surface area contributed by atoms with Crippen LogP contribution in [0.15, 0.2) is 6.20 Å². The van der Waals surface area contributed by atoms with Gasteiger partial charge in [0.1, 0.15) is 12.4 Å². The molecule has 0 saturated heterocycles. The van der Waals surface area contributed by atoms with Gasteiger partial charge in [0.15, 0.2) is 5.69 Å². The second-order valence-corrected chi connectivity index (χ2v) is 4.75. The number of carbonyl (C=O) groups excluding carboxylic acids is 1. The molecule has 1 rings (SSSR count). The highest BCUT2D eigenvalue weighted by atomic mass is 35.5. The molecule has 0 aliphatic heterocycles. The Morgan fingerprint density at radius 2 is 2.20 bits per heavy atom.